The summed E-state index contributed by atoms with van der Waals surface area (Å²) >= 11 is 0. The zero-order chi connectivity index (χ0) is 9.97. The van der Waals surface area contributed by atoms with Crippen molar-refractivity contribution in [2.75, 3.05) is 18.9 Å². The molecule has 1 fully saturated rings. The third-order valence-electron chi connectivity index (χ3n) is 2.67. The second-order valence-electron chi connectivity index (χ2n) is 3.60. The number of oxazole rings is 1. The fraction of sp³-hybridized carbons (Fsp3) is 0.700. The molecule has 0 atom stereocenters. The SMILES string of the molecule is CCc1nc(N)oc1C1CCOCC1. The second-order valence-corrected chi connectivity index (χ2v) is 3.60. The van der Waals surface area contributed by atoms with Crippen molar-refractivity contribution in [1.29, 1.82) is 0 Å². The molecule has 0 radical (unpaired) electrons. The van der Waals surface area contributed by atoms with Gasteiger partial charge in [-0.05, 0) is 19.3 Å². The molecule has 0 bridgehead atoms. The average Bonchev–Trinajstić information content (AvgIpc) is 2.61. The van der Waals surface area contributed by atoms with Gasteiger partial charge >= 0.3 is 0 Å². The second kappa shape index (κ2) is 4.00. The van der Waals surface area contributed by atoms with Gasteiger partial charge in [-0.15, -0.1) is 0 Å². The van der Waals surface area contributed by atoms with Crippen molar-refractivity contribution in [3.8, 4) is 0 Å². The zero-order valence-corrected chi connectivity index (χ0v) is 8.45. The Morgan fingerprint density at radius 1 is 1.43 bits per heavy atom. The third kappa shape index (κ3) is 1.75. The fourth-order valence-electron chi connectivity index (χ4n) is 1.91. The van der Waals surface area contributed by atoms with Crippen LogP contribution >= 0.6 is 0 Å². The molecule has 78 valence electrons. The molecular formula is C10H16N2O2. The van der Waals surface area contributed by atoms with Crippen LogP contribution in [0, 0.1) is 0 Å². The molecule has 1 aliphatic heterocycles. The highest BCUT2D eigenvalue weighted by Gasteiger charge is 2.23. The van der Waals surface area contributed by atoms with Crippen LogP contribution in [0.5, 0.6) is 0 Å². The molecule has 1 aliphatic rings. The largest absolute Gasteiger partial charge is 0.428 e. The first-order chi connectivity index (χ1) is 6.81. The Hall–Kier alpha value is -1.03. The molecule has 4 nitrogen and oxygen atoms in total. The van der Waals surface area contributed by atoms with E-state index in [0.29, 0.717) is 11.9 Å². The Morgan fingerprint density at radius 3 is 2.79 bits per heavy atom. The first kappa shape index (κ1) is 9.52. The quantitative estimate of drug-likeness (QED) is 0.782. The molecule has 0 amide bonds. The van der Waals surface area contributed by atoms with Crippen molar-refractivity contribution in [3.05, 3.63) is 11.5 Å². The minimum absolute atomic E-state index is 0.295. The van der Waals surface area contributed by atoms with Gasteiger partial charge in [-0.3, -0.25) is 0 Å². The lowest BCUT2D eigenvalue weighted by atomic mass is 9.95. The Kier molecular flexibility index (Phi) is 2.72. The summed E-state index contributed by atoms with van der Waals surface area (Å²) < 4.78 is 10.8. The van der Waals surface area contributed by atoms with Crippen LogP contribution in [0.4, 0.5) is 6.01 Å². The maximum atomic E-state index is 5.55. The van der Waals surface area contributed by atoms with E-state index in [1.165, 1.54) is 0 Å². The molecular weight excluding hydrogens is 180 g/mol. The summed E-state index contributed by atoms with van der Waals surface area (Å²) in [5.74, 6) is 1.43. The molecule has 2 N–H and O–H groups in total. The molecule has 2 rings (SSSR count). The third-order valence-corrected chi connectivity index (χ3v) is 2.67. The number of nitrogens with two attached hydrogens (primary N) is 1. The van der Waals surface area contributed by atoms with Crippen LogP contribution in [0.2, 0.25) is 0 Å². The van der Waals surface area contributed by atoms with Gasteiger partial charge in [0.25, 0.3) is 6.01 Å². The standard InChI is InChI=1S/C10H16N2O2/c1-2-8-9(14-10(11)12-8)7-3-5-13-6-4-7/h7H,2-6H2,1H3,(H2,11,12). The number of nitrogen functional groups attached to an aromatic ring is 1. The maximum Gasteiger partial charge on any atom is 0.292 e. The van der Waals surface area contributed by atoms with Crippen LogP contribution in [0.1, 0.15) is 37.1 Å². The van der Waals surface area contributed by atoms with E-state index < -0.39 is 0 Å². The number of rotatable bonds is 2. The molecule has 0 saturated carbocycles. The smallest absolute Gasteiger partial charge is 0.292 e. The summed E-state index contributed by atoms with van der Waals surface area (Å²) in [6.45, 7) is 3.70. The van der Waals surface area contributed by atoms with Crippen molar-refractivity contribution in [2.45, 2.75) is 32.1 Å². The zero-order valence-electron chi connectivity index (χ0n) is 8.45. The topological polar surface area (TPSA) is 61.3 Å². The number of anilines is 1. The Labute approximate surface area is 83.4 Å². The van der Waals surface area contributed by atoms with Gasteiger partial charge in [0.05, 0.1) is 5.69 Å². The van der Waals surface area contributed by atoms with Crippen LogP contribution in [0.25, 0.3) is 0 Å². The molecule has 14 heavy (non-hydrogen) atoms. The number of hydrogen-bond acceptors (Lipinski definition) is 4. The first-order valence-corrected chi connectivity index (χ1v) is 5.14. The fourth-order valence-corrected chi connectivity index (χ4v) is 1.91. The van der Waals surface area contributed by atoms with Gasteiger partial charge in [-0.25, -0.2) is 0 Å². The van der Waals surface area contributed by atoms with Gasteiger partial charge < -0.3 is 14.9 Å². The van der Waals surface area contributed by atoms with E-state index >= 15 is 0 Å². The Bertz CT molecular complexity index is 303. The minimum atomic E-state index is 0.295. The van der Waals surface area contributed by atoms with Crippen molar-refractivity contribution in [1.82, 2.24) is 4.98 Å². The van der Waals surface area contributed by atoms with Gasteiger partial charge in [0.15, 0.2) is 0 Å². The van der Waals surface area contributed by atoms with Crippen molar-refractivity contribution in [2.24, 2.45) is 0 Å². The molecule has 1 aromatic heterocycles. The van der Waals surface area contributed by atoms with Gasteiger partial charge in [-0.1, -0.05) is 6.92 Å². The van der Waals surface area contributed by atoms with Gasteiger partial charge in [0, 0.05) is 19.1 Å². The van der Waals surface area contributed by atoms with Crippen LogP contribution < -0.4 is 5.73 Å². The molecule has 0 aliphatic carbocycles. The van der Waals surface area contributed by atoms with E-state index in [0.717, 1.165) is 43.9 Å². The van der Waals surface area contributed by atoms with E-state index in [9.17, 15) is 0 Å². The van der Waals surface area contributed by atoms with E-state index in [2.05, 4.69) is 11.9 Å². The van der Waals surface area contributed by atoms with Crippen molar-refractivity contribution in [3.63, 3.8) is 0 Å². The Balaban J connectivity index is 2.20. The number of hydrogen-bond donors (Lipinski definition) is 1. The predicted molar refractivity (Wildman–Crippen MR) is 53.1 cm³/mol. The Morgan fingerprint density at radius 2 is 2.14 bits per heavy atom. The summed E-state index contributed by atoms with van der Waals surface area (Å²) in [6, 6.07) is 0.295. The van der Waals surface area contributed by atoms with E-state index in [1.54, 1.807) is 0 Å². The van der Waals surface area contributed by atoms with Crippen LogP contribution in [0.15, 0.2) is 4.42 Å². The van der Waals surface area contributed by atoms with E-state index in [-0.39, 0.29) is 0 Å². The summed E-state index contributed by atoms with van der Waals surface area (Å²) in [5.41, 5.74) is 6.56. The van der Waals surface area contributed by atoms with Gasteiger partial charge in [0.1, 0.15) is 5.76 Å². The van der Waals surface area contributed by atoms with Crippen molar-refractivity contribution >= 4 is 6.01 Å². The van der Waals surface area contributed by atoms with Crippen LogP contribution in [-0.2, 0) is 11.2 Å². The summed E-state index contributed by atoms with van der Waals surface area (Å²) in [4.78, 5) is 4.17. The lowest BCUT2D eigenvalue weighted by Crippen LogP contribution is -2.14. The van der Waals surface area contributed by atoms with E-state index in [1.807, 2.05) is 0 Å². The lowest BCUT2D eigenvalue weighted by molar-refractivity contribution is 0.0806. The monoisotopic (exact) mass is 196 g/mol. The highest BCUT2D eigenvalue weighted by Crippen LogP contribution is 2.30. The van der Waals surface area contributed by atoms with E-state index in [4.69, 9.17) is 14.9 Å². The molecule has 0 unspecified atom stereocenters. The number of aromatic nitrogens is 1. The highest BCUT2D eigenvalue weighted by molar-refractivity contribution is 5.23. The minimum Gasteiger partial charge on any atom is -0.428 e. The predicted octanol–water partition coefficient (Wildman–Crippen LogP) is 1.71. The van der Waals surface area contributed by atoms with Crippen LogP contribution in [0.3, 0.4) is 0 Å². The molecule has 0 aromatic carbocycles. The molecule has 0 spiro atoms. The van der Waals surface area contributed by atoms with Crippen molar-refractivity contribution < 1.29 is 9.15 Å². The average molecular weight is 196 g/mol. The number of ether oxygens (including phenoxy) is 1. The summed E-state index contributed by atoms with van der Waals surface area (Å²) in [6.07, 6.45) is 2.91. The van der Waals surface area contributed by atoms with Crippen LogP contribution in [-0.4, -0.2) is 18.2 Å². The normalized spacial score (nSPS) is 18.6. The van der Waals surface area contributed by atoms with Gasteiger partial charge in [-0.2, -0.15) is 4.98 Å². The molecule has 1 aromatic rings. The maximum absolute atomic E-state index is 5.55. The molecule has 4 heteroatoms. The molecule has 2 heterocycles. The lowest BCUT2D eigenvalue weighted by Gasteiger charge is -2.20. The molecule has 1 saturated heterocycles. The number of aryl methyl sites for hydroxylation is 1. The first-order valence-electron chi connectivity index (χ1n) is 5.14. The summed E-state index contributed by atoms with van der Waals surface area (Å²) in [7, 11) is 0. The summed E-state index contributed by atoms with van der Waals surface area (Å²) in [5, 5.41) is 0. The number of nitrogens with zero attached hydrogens (tertiary/aromatic N) is 1. The highest BCUT2D eigenvalue weighted by atomic mass is 16.5. The van der Waals surface area contributed by atoms with Gasteiger partial charge in [0.2, 0.25) is 0 Å².